The Labute approximate surface area is 79.1 Å². The van der Waals surface area contributed by atoms with E-state index < -0.39 is 5.97 Å². The van der Waals surface area contributed by atoms with Crippen LogP contribution in [0.15, 0.2) is 0 Å². The molecule has 0 radical (unpaired) electrons. The summed E-state index contributed by atoms with van der Waals surface area (Å²) in [4.78, 5) is 10.9. The van der Waals surface area contributed by atoms with Crippen LogP contribution >= 0.6 is 0 Å². The van der Waals surface area contributed by atoms with Crippen molar-refractivity contribution < 1.29 is 14.6 Å². The van der Waals surface area contributed by atoms with Gasteiger partial charge in [0.2, 0.25) is 0 Å². The maximum Gasteiger partial charge on any atom is 0.306 e. The number of hydrogen-bond acceptors (Lipinski definition) is 2. The Bertz CT molecular complexity index is 171. The standard InChI is InChI=1S/C10H18O3/c1-7(2)9(10(11)12)5-8-3-4-13-6-8/h7-9H,3-6H2,1-2H3,(H,11,12). The monoisotopic (exact) mass is 186 g/mol. The highest BCUT2D eigenvalue weighted by Gasteiger charge is 2.27. The van der Waals surface area contributed by atoms with Crippen molar-refractivity contribution in [2.45, 2.75) is 26.7 Å². The fourth-order valence-electron chi connectivity index (χ4n) is 1.79. The van der Waals surface area contributed by atoms with Gasteiger partial charge in [0.1, 0.15) is 0 Å². The number of carbonyl (C=O) groups is 1. The number of hydrogen-bond donors (Lipinski definition) is 1. The van der Waals surface area contributed by atoms with Gasteiger partial charge in [-0.05, 0) is 24.7 Å². The normalized spacial score (nSPS) is 25.0. The number of aliphatic carboxylic acids is 1. The summed E-state index contributed by atoms with van der Waals surface area (Å²) in [5.41, 5.74) is 0. The molecule has 1 rings (SSSR count). The van der Waals surface area contributed by atoms with E-state index in [2.05, 4.69) is 0 Å². The fraction of sp³-hybridized carbons (Fsp3) is 0.900. The predicted octanol–water partition coefficient (Wildman–Crippen LogP) is 1.77. The molecule has 0 bridgehead atoms. The summed E-state index contributed by atoms with van der Waals surface area (Å²) in [6.07, 6.45) is 1.80. The van der Waals surface area contributed by atoms with E-state index in [9.17, 15) is 4.79 Å². The molecule has 2 atom stereocenters. The van der Waals surface area contributed by atoms with Crippen LogP contribution in [-0.4, -0.2) is 24.3 Å². The Balaban J connectivity index is 2.41. The summed E-state index contributed by atoms with van der Waals surface area (Å²) in [6.45, 7) is 5.48. The largest absolute Gasteiger partial charge is 0.481 e. The minimum atomic E-state index is -0.665. The van der Waals surface area contributed by atoms with Crippen LogP contribution in [0.2, 0.25) is 0 Å². The van der Waals surface area contributed by atoms with Crippen molar-refractivity contribution in [3.05, 3.63) is 0 Å². The Morgan fingerprint density at radius 2 is 2.31 bits per heavy atom. The molecule has 3 heteroatoms. The fourth-order valence-corrected chi connectivity index (χ4v) is 1.79. The van der Waals surface area contributed by atoms with Gasteiger partial charge in [-0.2, -0.15) is 0 Å². The topological polar surface area (TPSA) is 46.5 Å². The van der Waals surface area contributed by atoms with Gasteiger partial charge in [0, 0.05) is 13.2 Å². The summed E-state index contributed by atoms with van der Waals surface area (Å²) < 4.78 is 5.22. The van der Waals surface area contributed by atoms with Gasteiger partial charge in [-0.1, -0.05) is 13.8 Å². The predicted molar refractivity (Wildman–Crippen MR) is 49.5 cm³/mol. The molecular weight excluding hydrogens is 168 g/mol. The average molecular weight is 186 g/mol. The first-order valence-electron chi connectivity index (χ1n) is 4.91. The molecule has 0 saturated carbocycles. The van der Waals surface area contributed by atoms with Crippen molar-refractivity contribution in [1.29, 1.82) is 0 Å². The zero-order chi connectivity index (χ0) is 9.84. The Hall–Kier alpha value is -0.570. The van der Waals surface area contributed by atoms with Crippen LogP contribution in [0.1, 0.15) is 26.7 Å². The van der Waals surface area contributed by atoms with Gasteiger partial charge in [0.05, 0.1) is 5.92 Å². The summed E-state index contributed by atoms with van der Waals surface area (Å²) in [5.74, 6) is -0.185. The SMILES string of the molecule is CC(C)C(CC1CCOC1)C(=O)O. The summed E-state index contributed by atoms with van der Waals surface area (Å²) >= 11 is 0. The van der Waals surface area contributed by atoms with E-state index in [0.29, 0.717) is 5.92 Å². The Morgan fingerprint density at radius 1 is 1.62 bits per heavy atom. The van der Waals surface area contributed by atoms with Crippen molar-refractivity contribution in [3.63, 3.8) is 0 Å². The highest BCUT2D eigenvalue weighted by Crippen LogP contribution is 2.25. The molecule has 3 nitrogen and oxygen atoms in total. The molecule has 0 aromatic heterocycles. The van der Waals surface area contributed by atoms with Crippen molar-refractivity contribution in [2.24, 2.45) is 17.8 Å². The molecule has 0 amide bonds. The highest BCUT2D eigenvalue weighted by molar-refractivity contribution is 5.70. The third-order valence-electron chi connectivity index (χ3n) is 2.73. The Kier molecular flexibility index (Phi) is 3.72. The number of ether oxygens (including phenoxy) is 1. The minimum Gasteiger partial charge on any atom is -0.481 e. The first-order valence-corrected chi connectivity index (χ1v) is 4.91. The van der Waals surface area contributed by atoms with Gasteiger partial charge in [-0.25, -0.2) is 0 Å². The lowest BCUT2D eigenvalue weighted by molar-refractivity contribution is -0.144. The minimum absolute atomic E-state index is 0.202. The molecule has 76 valence electrons. The van der Waals surface area contributed by atoms with Crippen LogP contribution in [-0.2, 0) is 9.53 Å². The van der Waals surface area contributed by atoms with Crippen LogP contribution in [0, 0.1) is 17.8 Å². The summed E-state index contributed by atoms with van der Waals surface area (Å²) in [7, 11) is 0. The summed E-state index contributed by atoms with van der Waals surface area (Å²) in [6, 6.07) is 0. The van der Waals surface area contributed by atoms with Gasteiger partial charge in [-0.15, -0.1) is 0 Å². The molecule has 0 spiro atoms. The van der Waals surface area contributed by atoms with Gasteiger partial charge in [-0.3, -0.25) is 4.79 Å². The van der Waals surface area contributed by atoms with Gasteiger partial charge in [0.15, 0.2) is 0 Å². The molecule has 1 fully saturated rings. The zero-order valence-corrected chi connectivity index (χ0v) is 8.32. The van der Waals surface area contributed by atoms with E-state index in [1.165, 1.54) is 0 Å². The lowest BCUT2D eigenvalue weighted by Crippen LogP contribution is -2.23. The van der Waals surface area contributed by atoms with Crippen molar-refractivity contribution in [1.82, 2.24) is 0 Å². The van der Waals surface area contributed by atoms with Gasteiger partial charge < -0.3 is 9.84 Å². The molecule has 1 saturated heterocycles. The molecule has 1 aliphatic heterocycles. The number of carboxylic acids is 1. The van der Waals surface area contributed by atoms with Crippen LogP contribution < -0.4 is 0 Å². The molecule has 1 N–H and O–H groups in total. The average Bonchev–Trinajstić information content (AvgIpc) is 2.50. The Morgan fingerprint density at radius 3 is 2.69 bits per heavy atom. The molecule has 0 aromatic carbocycles. The van der Waals surface area contributed by atoms with Crippen molar-refractivity contribution >= 4 is 5.97 Å². The second-order valence-corrected chi connectivity index (χ2v) is 4.15. The van der Waals surface area contributed by atoms with E-state index in [4.69, 9.17) is 9.84 Å². The lowest BCUT2D eigenvalue weighted by atomic mass is 9.86. The van der Waals surface area contributed by atoms with Gasteiger partial charge in [0.25, 0.3) is 0 Å². The third-order valence-corrected chi connectivity index (χ3v) is 2.73. The second-order valence-electron chi connectivity index (χ2n) is 4.15. The maximum absolute atomic E-state index is 10.9. The zero-order valence-electron chi connectivity index (χ0n) is 8.32. The van der Waals surface area contributed by atoms with Crippen LogP contribution in [0.3, 0.4) is 0 Å². The molecule has 0 aromatic rings. The molecule has 1 aliphatic rings. The summed E-state index contributed by atoms with van der Waals surface area (Å²) in [5, 5.41) is 8.96. The van der Waals surface area contributed by atoms with Crippen LogP contribution in [0.5, 0.6) is 0 Å². The van der Waals surface area contributed by atoms with E-state index >= 15 is 0 Å². The number of rotatable bonds is 4. The molecule has 13 heavy (non-hydrogen) atoms. The highest BCUT2D eigenvalue weighted by atomic mass is 16.5. The van der Waals surface area contributed by atoms with E-state index in [-0.39, 0.29) is 11.8 Å². The molecule has 0 aliphatic carbocycles. The lowest BCUT2D eigenvalue weighted by Gasteiger charge is -2.18. The first-order chi connectivity index (χ1) is 6.11. The van der Waals surface area contributed by atoms with Crippen molar-refractivity contribution in [3.8, 4) is 0 Å². The molecular formula is C10H18O3. The number of carboxylic acid groups (broad SMARTS) is 1. The molecule has 2 unspecified atom stereocenters. The van der Waals surface area contributed by atoms with Crippen molar-refractivity contribution in [2.75, 3.05) is 13.2 Å². The maximum atomic E-state index is 10.9. The third kappa shape index (κ3) is 2.99. The smallest absolute Gasteiger partial charge is 0.306 e. The molecule has 1 heterocycles. The second kappa shape index (κ2) is 4.61. The van der Waals surface area contributed by atoms with Gasteiger partial charge >= 0.3 is 5.97 Å². The van der Waals surface area contributed by atoms with E-state index in [1.54, 1.807) is 0 Å². The first kappa shape index (κ1) is 10.5. The quantitative estimate of drug-likeness (QED) is 0.727. The van der Waals surface area contributed by atoms with Crippen LogP contribution in [0.4, 0.5) is 0 Å². The van der Waals surface area contributed by atoms with E-state index in [0.717, 1.165) is 26.1 Å². The van der Waals surface area contributed by atoms with Crippen LogP contribution in [0.25, 0.3) is 0 Å². The van der Waals surface area contributed by atoms with E-state index in [1.807, 2.05) is 13.8 Å².